The third-order valence-corrected chi connectivity index (χ3v) is 5.00. The van der Waals surface area contributed by atoms with Gasteiger partial charge >= 0.3 is 0 Å². The fourth-order valence-electron chi connectivity index (χ4n) is 2.61. The summed E-state index contributed by atoms with van der Waals surface area (Å²) in [6.45, 7) is 4.91. The number of aryl methyl sites for hydroxylation is 1. The molecule has 27 heavy (non-hydrogen) atoms. The van der Waals surface area contributed by atoms with Crippen molar-refractivity contribution in [1.82, 2.24) is 4.98 Å². The van der Waals surface area contributed by atoms with E-state index in [4.69, 9.17) is 4.74 Å². The Balaban J connectivity index is 1.66. The predicted octanol–water partition coefficient (Wildman–Crippen LogP) is 5.80. The molecule has 1 N–H and O–H groups in total. The van der Waals surface area contributed by atoms with Crippen molar-refractivity contribution in [2.75, 3.05) is 11.9 Å². The van der Waals surface area contributed by atoms with E-state index >= 15 is 0 Å². The Bertz CT molecular complexity index is 887. The molecular formula is C22H24N2O2S. The van der Waals surface area contributed by atoms with Crippen LogP contribution in [0.4, 0.5) is 5.13 Å². The van der Waals surface area contributed by atoms with Crippen molar-refractivity contribution in [3.05, 3.63) is 65.0 Å². The summed E-state index contributed by atoms with van der Waals surface area (Å²) in [4.78, 5) is 17.1. The zero-order valence-corrected chi connectivity index (χ0v) is 16.5. The molecule has 0 unspecified atom stereocenters. The number of amides is 1. The number of ether oxygens (including phenoxy) is 1. The van der Waals surface area contributed by atoms with Gasteiger partial charge in [-0.25, -0.2) is 4.98 Å². The number of anilines is 1. The van der Waals surface area contributed by atoms with Crippen LogP contribution < -0.4 is 10.1 Å². The summed E-state index contributed by atoms with van der Waals surface area (Å²) in [6, 6.07) is 15.6. The zero-order chi connectivity index (χ0) is 19.1. The lowest BCUT2D eigenvalue weighted by molar-refractivity contribution is 0.102. The fraction of sp³-hybridized carbons (Fsp3) is 0.273. The molecule has 1 heterocycles. The van der Waals surface area contributed by atoms with Gasteiger partial charge in [0.15, 0.2) is 5.13 Å². The number of unbranched alkanes of at least 4 members (excludes halogenated alkanes) is 1. The molecule has 0 radical (unpaired) electrons. The van der Waals surface area contributed by atoms with E-state index in [2.05, 4.69) is 48.4 Å². The molecule has 0 fully saturated rings. The van der Waals surface area contributed by atoms with Crippen LogP contribution in [0.3, 0.4) is 0 Å². The normalized spacial score (nSPS) is 10.6. The largest absolute Gasteiger partial charge is 0.494 e. The number of benzene rings is 2. The van der Waals surface area contributed by atoms with Gasteiger partial charge in [-0.2, -0.15) is 0 Å². The van der Waals surface area contributed by atoms with Crippen molar-refractivity contribution in [2.24, 2.45) is 0 Å². The van der Waals surface area contributed by atoms with Crippen molar-refractivity contribution >= 4 is 22.4 Å². The van der Waals surface area contributed by atoms with Gasteiger partial charge in [-0.05, 0) is 36.6 Å². The molecule has 0 aliphatic heterocycles. The lowest BCUT2D eigenvalue weighted by Gasteiger charge is -2.07. The van der Waals surface area contributed by atoms with Crippen LogP contribution in [0.2, 0.25) is 0 Å². The average Bonchev–Trinajstić information content (AvgIpc) is 3.17. The molecule has 1 aromatic heterocycles. The molecule has 3 aromatic rings. The minimum Gasteiger partial charge on any atom is -0.494 e. The zero-order valence-electron chi connectivity index (χ0n) is 15.7. The third kappa shape index (κ3) is 5.17. The third-order valence-electron chi connectivity index (χ3n) is 4.25. The number of hydrogen-bond acceptors (Lipinski definition) is 4. The van der Waals surface area contributed by atoms with E-state index < -0.39 is 0 Å². The summed E-state index contributed by atoms with van der Waals surface area (Å²) >= 11 is 1.42. The fourth-order valence-corrected chi connectivity index (χ4v) is 3.32. The number of nitrogens with one attached hydrogen (secondary N) is 1. The highest BCUT2D eigenvalue weighted by molar-refractivity contribution is 7.14. The molecule has 4 nitrogen and oxygen atoms in total. The maximum Gasteiger partial charge on any atom is 0.257 e. The first-order chi connectivity index (χ1) is 13.2. The van der Waals surface area contributed by atoms with Crippen molar-refractivity contribution in [3.63, 3.8) is 0 Å². The molecule has 0 aliphatic carbocycles. The van der Waals surface area contributed by atoms with Crippen LogP contribution in [0.1, 0.15) is 42.6 Å². The van der Waals surface area contributed by atoms with E-state index in [9.17, 15) is 4.79 Å². The monoisotopic (exact) mass is 380 g/mol. The van der Waals surface area contributed by atoms with Crippen molar-refractivity contribution in [2.45, 2.75) is 33.1 Å². The summed E-state index contributed by atoms with van der Waals surface area (Å²) in [6.07, 6.45) is 3.09. The summed E-state index contributed by atoms with van der Waals surface area (Å²) in [5.41, 5.74) is 3.78. The Morgan fingerprint density at radius 1 is 1.15 bits per heavy atom. The van der Waals surface area contributed by atoms with E-state index in [0.29, 0.717) is 23.1 Å². The minimum atomic E-state index is -0.182. The summed E-state index contributed by atoms with van der Waals surface area (Å²) < 4.78 is 5.68. The Labute approximate surface area is 164 Å². The number of carbonyl (C=O) groups excluding carboxylic acids is 1. The molecule has 0 saturated heterocycles. The van der Waals surface area contributed by atoms with E-state index in [-0.39, 0.29) is 5.91 Å². The van der Waals surface area contributed by atoms with Crippen molar-refractivity contribution in [1.29, 1.82) is 0 Å². The Morgan fingerprint density at radius 3 is 2.70 bits per heavy atom. The first kappa shape index (κ1) is 19.1. The van der Waals surface area contributed by atoms with Crippen molar-refractivity contribution in [3.8, 4) is 17.0 Å². The maximum atomic E-state index is 12.5. The Hall–Kier alpha value is -2.66. The van der Waals surface area contributed by atoms with Crippen LogP contribution in [-0.4, -0.2) is 17.5 Å². The van der Waals surface area contributed by atoms with Gasteiger partial charge in [-0.15, -0.1) is 11.3 Å². The van der Waals surface area contributed by atoms with Crippen LogP contribution in [0.25, 0.3) is 11.3 Å². The Morgan fingerprint density at radius 2 is 1.96 bits per heavy atom. The number of nitrogens with zero attached hydrogens (tertiary/aromatic N) is 1. The molecule has 140 valence electrons. The van der Waals surface area contributed by atoms with Gasteiger partial charge in [0.25, 0.3) is 5.91 Å². The first-order valence-corrected chi connectivity index (χ1v) is 10.2. The molecule has 0 spiro atoms. The van der Waals surface area contributed by atoms with E-state index in [1.165, 1.54) is 16.9 Å². The van der Waals surface area contributed by atoms with Crippen LogP contribution in [0.5, 0.6) is 5.75 Å². The van der Waals surface area contributed by atoms with Gasteiger partial charge in [0.2, 0.25) is 0 Å². The predicted molar refractivity (Wildman–Crippen MR) is 112 cm³/mol. The molecule has 0 saturated carbocycles. The standard InChI is InChI=1S/C22H24N2O2S/c1-3-5-13-26-19-8-6-7-18(14-19)21(25)24-22-23-20(15-27-22)17-11-9-16(4-2)10-12-17/h6-12,14-15H,3-5,13H2,1-2H3,(H,23,24,25). The number of carbonyl (C=O) groups is 1. The summed E-state index contributed by atoms with van der Waals surface area (Å²) in [5.74, 6) is 0.533. The van der Waals surface area contributed by atoms with Crippen LogP contribution >= 0.6 is 11.3 Å². The van der Waals surface area contributed by atoms with Crippen LogP contribution in [-0.2, 0) is 6.42 Å². The second-order valence-corrected chi connectivity index (χ2v) is 7.13. The second kappa shape index (κ2) is 9.33. The molecule has 2 aromatic carbocycles. The lowest BCUT2D eigenvalue weighted by Crippen LogP contribution is -2.11. The molecule has 1 amide bonds. The van der Waals surface area contributed by atoms with E-state index in [1.807, 2.05) is 17.5 Å². The van der Waals surface area contributed by atoms with Gasteiger partial charge in [-0.3, -0.25) is 10.1 Å². The molecule has 3 rings (SSSR count). The smallest absolute Gasteiger partial charge is 0.257 e. The molecule has 0 bridgehead atoms. The highest BCUT2D eigenvalue weighted by Crippen LogP contribution is 2.26. The summed E-state index contributed by atoms with van der Waals surface area (Å²) in [5, 5.41) is 5.43. The topological polar surface area (TPSA) is 51.2 Å². The lowest BCUT2D eigenvalue weighted by atomic mass is 10.1. The van der Waals surface area contributed by atoms with Crippen LogP contribution in [0.15, 0.2) is 53.9 Å². The van der Waals surface area contributed by atoms with Gasteiger partial charge in [-0.1, -0.05) is 50.6 Å². The van der Waals surface area contributed by atoms with Crippen LogP contribution in [0, 0.1) is 0 Å². The number of aromatic nitrogens is 1. The number of hydrogen-bond donors (Lipinski definition) is 1. The first-order valence-electron chi connectivity index (χ1n) is 9.28. The molecule has 5 heteroatoms. The number of thiazole rings is 1. The van der Waals surface area contributed by atoms with E-state index in [1.54, 1.807) is 12.1 Å². The highest BCUT2D eigenvalue weighted by atomic mass is 32.1. The minimum absolute atomic E-state index is 0.182. The van der Waals surface area contributed by atoms with Gasteiger partial charge in [0.05, 0.1) is 12.3 Å². The van der Waals surface area contributed by atoms with Gasteiger partial charge in [0, 0.05) is 16.5 Å². The summed E-state index contributed by atoms with van der Waals surface area (Å²) in [7, 11) is 0. The van der Waals surface area contributed by atoms with E-state index in [0.717, 1.165) is 30.5 Å². The number of rotatable bonds is 8. The quantitative estimate of drug-likeness (QED) is 0.502. The van der Waals surface area contributed by atoms with Gasteiger partial charge in [0.1, 0.15) is 5.75 Å². The Kier molecular flexibility index (Phi) is 6.60. The van der Waals surface area contributed by atoms with Crippen molar-refractivity contribution < 1.29 is 9.53 Å². The second-order valence-electron chi connectivity index (χ2n) is 6.27. The average molecular weight is 381 g/mol. The van der Waals surface area contributed by atoms with Gasteiger partial charge < -0.3 is 4.74 Å². The molecular weight excluding hydrogens is 356 g/mol. The SMILES string of the molecule is CCCCOc1cccc(C(=O)Nc2nc(-c3ccc(CC)cc3)cs2)c1. The highest BCUT2D eigenvalue weighted by Gasteiger charge is 2.11. The maximum absolute atomic E-state index is 12.5. The molecule has 0 aliphatic rings. The molecule has 0 atom stereocenters.